The van der Waals surface area contributed by atoms with E-state index in [2.05, 4.69) is 29.8 Å². The minimum atomic E-state index is -0.120. The van der Waals surface area contributed by atoms with Gasteiger partial charge in [0.25, 0.3) is 5.91 Å². The summed E-state index contributed by atoms with van der Waals surface area (Å²) in [6.45, 7) is 4.74. The zero-order valence-corrected chi connectivity index (χ0v) is 18.6. The van der Waals surface area contributed by atoms with E-state index >= 15 is 0 Å². The molecule has 1 aromatic carbocycles. The van der Waals surface area contributed by atoms with Gasteiger partial charge in [-0.25, -0.2) is 0 Å². The monoisotopic (exact) mass is 407 g/mol. The zero-order chi connectivity index (χ0) is 21.7. The first-order chi connectivity index (χ1) is 14.4. The summed E-state index contributed by atoms with van der Waals surface area (Å²) in [6, 6.07) is 10.1. The first-order valence-corrected chi connectivity index (χ1v) is 10.8. The van der Waals surface area contributed by atoms with E-state index in [1.165, 1.54) is 43.5 Å². The van der Waals surface area contributed by atoms with E-state index in [1.54, 1.807) is 37.2 Å². The molecule has 0 saturated heterocycles. The highest BCUT2D eigenvalue weighted by Crippen LogP contribution is 2.32. The Morgan fingerprint density at radius 3 is 2.40 bits per heavy atom. The summed E-state index contributed by atoms with van der Waals surface area (Å²) in [5, 5.41) is 2.92. The molecule has 30 heavy (non-hydrogen) atoms. The summed E-state index contributed by atoms with van der Waals surface area (Å²) in [4.78, 5) is 25.8. The molecule has 5 nitrogen and oxygen atoms in total. The quantitative estimate of drug-likeness (QED) is 0.709. The summed E-state index contributed by atoms with van der Waals surface area (Å²) >= 11 is 0. The molecule has 1 saturated carbocycles. The summed E-state index contributed by atoms with van der Waals surface area (Å²) in [5.74, 6) is -0.148. The van der Waals surface area contributed by atoms with Crippen molar-refractivity contribution in [2.24, 2.45) is 0 Å². The third-order valence-corrected chi connectivity index (χ3v) is 5.95. The smallest absolute Gasteiger partial charge is 0.253 e. The number of nitrogens with zero attached hydrogens (tertiary/aromatic N) is 2. The van der Waals surface area contributed by atoms with Crippen LogP contribution in [0.15, 0.2) is 36.4 Å². The molecule has 0 radical (unpaired) electrons. The lowest BCUT2D eigenvalue weighted by Crippen LogP contribution is -2.22. The van der Waals surface area contributed by atoms with Gasteiger partial charge in [-0.2, -0.15) is 0 Å². The van der Waals surface area contributed by atoms with E-state index in [9.17, 15) is 9.59 Å². The third kappa shape index (κ3) is 5.21. The van der Waals surface area contributed by atoms with Crippen molar-refractivity contribution in [1.82, 2.24) is 14.8 Å². The molecule has 1 N–H and O–H groups in total. The van der Waals surface area contributed by atoms with Crippen LogP contribution in [-0.2, 0) is 11.3 Å². The molecule has 2 amide bonds. The van der Waals surface area contributed by atoms with Crippen LogP contribution in [-0.4, -0.2) is 35.4 Å². The molecule has 1 heterocycles. The Morgan fingerprint density at radius 1 is 1.10 bits per heavy atom. The van der Waals surface area contributed by atoms with Gasteiger partial charge in [0.1, 0.15) is 0 Å². The van der Waals surface area contributed by atoms with E-state index in [1.807, 2.05) is 18.2 Å². The lowest BCUT2D eigenvalue weighted by Gasteiger charge is -2.26. The summed E-state index contributed by atoms with van der Waals surface area (Å²) in [7, 11) is 3.46. The van der Waals surface area contributed by atoms with Crippen molar-refractivity contribution < 1.29 is 9.59 Å². The van der Waals surface area contributed by atoms with Crippen LogP contribution in [0.1, 0.15) is 71.0 Å². The Kier molecular flexibility index (Phi) is 7.14. The second kappa shape index (κ2) is 9.79. The maximum atomic E-state index is 12.3. The van der Waals surface area contributed by atoms with Crippen LogP contribution in [0.2, 0.25) is 0 Å². The number of hydrogen-bond acceptors (Lipinski definition) is 2. The fourth-order valence-corrected chi connectivity index (χ4v) is 4.31. The lowest BCUT2D eigenvalue weighted by atomic mass is 9.95. The molecule has 160 valence electrons. The van der Waals surface area contributed by atoms with Crippen LogP contribution in [0.25, 0.3) is 6.08 Å². The number of hydrogen-bond donors (Lipinski definition) is 1. The van der Waals surface area contributed by atoms with Crippen molar-refractivity contribution in [3.63, 3.8) is 0 Å². The SMILES string of the molecule is Cc1cc(/C=C/C(=O)NCc2ccc(C(=O)N(C)C)cc2)c(C)n1C1CCCCC1. The summed E-state index contributed by atoms with van der Waals surface area (Å²) in [5.41, 5.74) is 5.22. The van der Waals surface area contributed by atoms with Crippen molar-refractivity contribution in [2.75, 3.05) is 14.1 Å². The fourth-order valence-electron chi connectivity index (χ4n) is 4.31. The van der Waals surface area contributed by atoms with Crippen molar-refractivity contribution in [2.45, 2.75) is 58.5 Å². The van der Waals surface area contributed by atoms with Crippen LogP contribution >= 0.6 is 0 Å². The van der Waals surface area contributed by atoms with Gasteiger partial charge in [0.05, 0.1) is 0 Å². The number of carbonyl (C=O) groups is 2. The number of amides is 2. The Balaban J connectivity index is 1.58. The van der Waals surface area contributed by atoms with Gasteiger partial charge in [-0.05, 0) is 62.1 Å². The van der Waals surface area contributed by atoms with E-state index in [0.717, 1.165) is 11.1 Å². The highest BCUT2D eigenvalue weighted by atomic mass is 16.2. The standard InChI is InChI=1S/C25H33N3O2/c1-18-16-22(19(2)28(18)23-8-6-5-7-9-23)14-15-24(29)26-17-20-10-12-21(13-11-20)25(30)27(3)4/h10-16,23H,5-9,17H2,1-4H3,(H,26,29)/b15-14+. The Labute approximate surface area is 179 Å². The number of aromatic nitrogens is 1. The van der Waals surface area contributed by atoms with Crippen LogP contribution < -0.4 is 5.32 Å². The molecule has 1 aromatic heterocycles. The second-order valence-electron chi connectivity index (χ2n) is 8.44. The highest BCUT2D eigenvalue weighted by molar-refractivity contribution is 5.94. The molecule has 1 aliphatic carbocycles. The fraction of sp³-hybridized carbons (Fsp3) is 0.440. The first kappa shape index (κ1) is 21.9. The highest BCUT2D eigenvalue weighted by Gasteiger charge is 2.19. The molecule has 1 fully saturated rings. The van der Waals surface area contributed by atoms with E-state index in [4.69, 9.17) is 0 Å². The molecule has 0 aliphatic heterocycles. The minimum Gasteiger partial charge on any atom is -0.348 e. The molecule has 0 bridgehead atoms. The lowest BCUT2D eigenvalue weighted by molar-refractivity contribution is -0.116. The van der Waals surface area contributed by atoms with E-state index < -0.39 is 0 Å². The molecule has 0 unspecified atom stereocenters. The predicted molar refractivity (Wildman–Crippen MR) is 121 cm³/mol. The van der Waals surface area contributed by atoms with Crippen LogP contribution in [0.5, 0.6) is 0 Å². The average molecular weight is 408 g/mol. The minimum absolute atomic E-state index is 0.0284. The molecular formula is C25H33N3O2. The van der Waals surface area contributed by atoms with Gasteiger partial charge in [0.2, 0.25) is 5.91 Å². The van der Waals surface area contributed by atoms with Crippen molar-refractivity contribution >= 4 is 17.9 Å². The maximum Gasteiger partial charge on any atom is 0.253 e. The predicted octanol–water partition coefficient (Wildman–Crippen LogP) is 4.64. The van der Waals surface area contributed by atoms with Crippen molar-refractivity contribution in [1.29, 1.82) is 0 Å². The van der Waals surface area contributed by atoms with Gasteiger partial charge in [0.15, 0.2) is 0 Å². The molecule has 2 aromatic rings. The van der Waals surface area contributed by atoms with Gasteiger partial charge < -0.3 is 14.8 Å². The molecule has 5 heteroatoms. The van der Waals surface area contributed by atoms with Gasteiger partial charge in [-0.1, -0.05) is 31.4 Å². The maximum absolute atomic E-state index is 12.3. The molecule has 0 spiro atoms. The summed E-state index contributed by atoms with van der Waals surface area (Å²) < 4.78 is 2.45. The third-order valence-electron chi connectivity index (χ3n) is 5.95. The Morgan fingerprint density at radius 2 is 1.77 bits per heavy atom. The van der Waals surface area contributed by atoms with Crippen molar-refractivity contribution in [3.8, 4) is 0 Å². The second-order valence-corrected chi connectivity index (χ2v) is 8.44. The molecule has 3 rings (SSSR count). The van der Waals surface area contributed by atoms with Crippen LogP contribution in [0.3, 0.4) is 0 Å². The number of benzene rings is 1. The van der Waals surface area contributed by atoms with Crippen LogP contribution in [0, 0.1) is 13.8 Å². The zero-order valence-electron chi connectivity index (χ0n) is 18.6. The van der Waals surface area contributed by atoms with Gasteiger partial charge >= 0.3 is 0 Å². The summed E-state index contributed by atoms with van der Waals surface area (Å²) in [6.07, 6.45) is 9.97. The van der Waals surface area contributed by atoms with Gasteiger partial charge in [-0.15, -0.1) is 0 Å². The molecule has 1 aliphatic rings. The van der Waals surface area contributed by atoms with E-state index in [0.29, 0.717) is 18.2 Å². The Hall–Kier alpha value is -2.82. The van der Waals surface area contributed by atoms with Crippen LogP contribution in [0.4, 0.5) is 0 Å². The topological polar surface area (TPSA) is 54.3 Å². The van der Waals surface area contributed by atoms with Crippen molar-refractivity contribution in [3.05, 3.63) is 64.5 Å². The number of rotatable bonds is 6. The number of nitrogens with one attached hydrogen (secondary N) is 1. The number of carbonyl (C=O) groups excluding carboxylic acids is 2. The van der Waals surface area contributed by atoms with Gasteiger partial charge in [0, 0.05) is 49.7 Å². The van der Waals surface area contributed by atoms with Gasteiger partial charge in [-0.3, -0.25) is 9.59 Å². The van der Waals surface area contributed by atoms with E-state index in [-0.39, 0.29) is 11.8 Å². The largest absolute Gasteiger partial charge is 0.348 e. The normalized spacial score (nSPS) is 14.8. The average Bonchev–Trinajstić information content (AvgIpc) is 3.04. The Bertz CT molecular complexity index is 917. The molecular weight excluding hydrogens is 374 g/mol. The molecule has 0 atom stereocenters. The number of aryl methyl sites for hydroxylation is 1. The first-order valence-electron chi connectivity index (χ1n) is 10.8.